The number of benzene rings is 3. The van der Waals surface area contributed by atoms with Crippen LogP contribution in [-0.2, 0) is 17.8 Å². The second-order valence-electron chi connectivity index (χ2n) is 8.93. The van der Waals surface area contributed by atoms with Gasteiger partial charge in [0.15, 0.2) is 6.10 Å². The Bertz CT molecular complexity index is 1130. The molecule has 1 N–H and O–H groups in total. The first-order chi connectivity index (χ1) is 16.6. The molecule has 4 rings (SSSR count). The summed E-state index contributed by atoms with van der Waals surface area (Å²) in [6.07, 6.45) is 2.74. The summed E-state index contributed by atoms with van der Waals surface area (Å²) in [6.45, 7) is 10.1. The minimum Gasteiger partial charge on any atom is -0.481 e. The van der Waals surface area contributed by atoms with Crippen molar-refractivity contribution in [1.29, 1.82) is 0 Å². The lowest BCUT2D eigenvalue weighted by molar-refractivity contribution is -0.127. The Kier molecular flexibility index (Phi) is 7.81. The van der Waals surface area contributed by atoms with Crippen LogP contribution in [0.3, 0.4) is 0 Å². The van der Waals surface area contributed by atoms with Crippen LogP contribution in [-0.4, -0.2) is 30.0 Å². The van der Waals surface area contributed by atoms with E-state index in [0.29, 0.717) is 13.0 Å². The molecule has 3 aromatic rings. The Balaban J connectivity index is 1.65. The van der Waals surface area contributed by atoms with Crippen molar-refractivity contribution in [2.24, 2.45) is 0 Å². The van der Waals surface area contributed by atoms with Gasteiger partial charge in [-0.25, -0.2) is 0 Å². The monoisotopic (exact) mass is 454 g/mol. The van der Waals surface area contributed by atoms with Crippen LogP contribution in [0.15, 0.2) is 85.5 Å². The number of hydrogen-bond donors (Lipinski definition) is 1. The predicted molar refractivity (Wildman–Crippen MR) is 138 cm³/mol. The van der Waals surface area contributed by atoms with Gasteiger partial charge < -0.3 is 10.1 Å². The molecular weight excluding hydrogens is 420 g/mol. The van der Waals surface area contributed by atoms with Crippen LogP contribution in [0.5, 0.6) is 5.75 Å². The molecule has 0 radical (unpaired) electrons. The summed E-state index contributed by atoms with van der Waals surface area (Å²) in [5.41, 5.74) is 6.46. The van der Waals surface area contributed by atoms with Crippen molar-refractivity contribution >= 4 is 5.91 Å². The fraction of sp³-hybridized carbons (Fsp3) is 0.300. The minimum absolute atomic E-state index is 0.110. The van der Waals surface area contributed by atoms with Gasteiger partial charge in [-0.1, -0.05) is 79.2 Å². The number of aryl methyl sites for hydroxylation is 1. The van der Waals surface area contributed by atoms with Gasteiger partial charge in [0, 0.05) is 19.6 Å². The van der Waals surface area contributed by atoms with E-state index in [1.165, 1.54) is 27.8 Å². The number of fused-ring (bicyclic) bond motifs is 1. The molecular formula is C30H34N2O2. The third-order valence-electron chi connectivity index (χ3n) is 6.39. The number of carbonyl (C=O) groups excluding carboxylic acids is 1. The molecule has 0 aromatic heterocycles. The van der Waals surface area contributed by atoms with Gasteiger partial charge in [-0.05, 0) is 54.2 Å². The molecule has 4 heteroatoms. The molecule has 4 nitrogen and oxygen atoms in total. The van der Waals surface area contributed by atoms with Crippen molar-refractivity contribution in [3.8, 4) is 5.75 Å². The maximum Gasteiger partial charge on any atom is 0.261 e. The molecule has 1 heterocycles. The van der Waals surface area contributed by atoms with Crippen molar-refractivity contribution < 1.29 is 9.53 Å². The molecule has 0 aliphatic carbocycles. The molecule has 1 aliphatic heterocycles. The fourth-order valence-corrected chi connectivity index (χ4v) is 4.73. The molecule has 1 aliphatic rings. The maximum atomic E-state index is 12.5. The van der Waals surface area contributed by atoms with Gasteiger partial charge in [0.2, 0.25) is 0 Å². The Morgan fingerprint density at radius 3 is 2.71 bits per heavy atom. The number of ether oxygens (including phenoxy) is 1. The quantitative estimate of drug-likeness (QED) is 0.428. The van der Waals surface area contributed by atoms with E-state index in [4.69, 9.17) is 4.74 Å². The fourth-order valence-electron chi connectivity index (χ4n) is 4.73. The number of nitrogens with zero attached hydrogens (tertiary/aromatic N) is 1. The summed E-state index contributed by atoms with van der Waals surface area (Å²) in [4.78, 5) is 15.0. The number of amides is 1. The van der Waals surface area contributed by atoms with E-state index in [9.17, 15) is 4.79 Å². The third kappa shape index (κ3) is 5.57. The number of hydrogen-bond acceptors (Lipinski definition) is 3. The van der Waals surface area contributed by atoms with Gasteiger partial charge in [0.05, 0.1) is 6.04 Å². The zero-order chi connectivity index (χ0) is 23.9. The van der Waals surface area contributed by atoms with Crippen molar-refractivity contribution in [3.05, 3.63) is 113 Å². The van der Waals surface area contributed by atoms with Crippen LogP contribution >= 0.6 is 0 Å². The molecule has 3 aromatic carbocycles. The van der Waals surface area contributed by atoms with Gasteiger partial charge in [-0.3, -0.25) is 9.69 Å². The Hall–Kier alpha value is -3.37. The number of rotatable bonds is 9. The summed E-state index contributed by atoms with van der Waals surface area (Å²) < 4.78 is 6.18. The first-order valence-corrected chi connectivity index (χ1v) is 12.1. The first kappa shape index (κ1) is 23.8. The minimum atomic E-state index is -0.528. The van der Waals surface area contributed by atoms with Crippen molar-refractivity contribution in [3.63, 3.8) is 0 Å². The normalized spacial score (nSPS) is 16.4. The van der Waals surface area contributed by atoms with Gasteiger partial charge in [-0.2, -0.15) is 0 Å². The SMILES string of the molecule is C=CCNC(=O)[C@H](CC)Oc1ccc2c(c1)[C@@H](c1ccccc1)N(Cc1cccc(C)c1)CC2. The summed E-state index contributed by atoms with van der Waals surface area (Å²) in [5, 5.41) is 2.85. The van der Waals surface area contributed by atoms with Crippen LogP contribution in [0.1, 0.15) is 47.2 Å². The van der Waals surface area contributed by atoms with E-state index in [0.717, 1.165) is 25.3 Å². The molecule has 0 saturated heterocycles. The van der Waals surface area contributed by atoms with E-state index >= 15 is 0 Å². The van der Waals surface area contributed by atoms with E-state index in [1.54, 1.807) is 6.08 Å². The maximum absolute atomic E-state index is 12.5. The predicted octanol–water partition coefficient (Wildman–Crippen LogP) is 5.60. The lowest BCUT2D eigenvalue weighted by atomic mass is 9.87. The first-order valence-electron chi connectivity index (χ1n) is 12.1. The van der Waals surface area contributed by atoms with E-state index in [2.05, 4.69) is 90.4 Å². The number of carbonyl (C=O) groups is 1. The lowest BCUT2D eigenvalue weighted by Gasteiger charge is -2.38. The summed E-state index contributed by atoms with van der Waals surface area (Å²) in [7, 11) is 0. The van der Waals surface area contributed by atoms with E-state index < -0.39 is 6.10 Å². The van der Waals surface area contributed by atoms with Crippen LogP contribution in [0.25, 0.3) is 0 Å². The highest BCUT2D eigenvalue weighted by molar-refractivity contribution is 5.81. The summed E-state index contributed by atoms with van der Waals surface area (Å²) in [6, 6.07) is 25.9. The molecule has 0 unspecified atom stereocenters. The van der Waals surface area contributed by atoms with Crippen LogP contribution in [0.4, 0.5) is 0 Å². The molecule has 176 valence electrons. The highest BCUT2D eigenvalue weighted by Gasteiger charge is 2.29. The smallest absolute Gasteiger partial charge is 0.261 e. The Morgan fingerprint density at radius 2 is 1.97 bits per heavy atom. The summed E-state index contributed by atoms with van der Waals surface area (Å²) >= 11 is 0. The molecule has 1 amide bonds. The zero-order valence-corrected chi connectivity index (χ0v) is 20.2. The Morgan fingerprint density at radius 1 is 1.15 bits per heavy atom. The average Bonchev–Trinajstić information content (AvgIpc) is 2.86. The topological polar surface area (TPSA) is 41.6 Å². The van der Waals surface area contributed by atoms with Crippen LogP contribution in [0.2, 0.25) is 0 Å². The van der Waals surface area contributed by atoms with Crippen LogP contribution < -0.4 is 10.1 Å². The highest BCUT2D eigenvalue weighted by Crippen LogP contribution is 2.38. The van der Waals surface area contributed by atoms with E-state index in [1.807, 2.05) is 13.0 Å². The standard InChI is InChI=1S/C30H34N2O2/c1-4-17-31-30(33)28(5-2)34-26-15-14-24-16-18-32(21-23-11-9-10-22(3)19-23)29(27(24)20-26)25-12-7-6-8-13-25/h4,6-15,19-20,28-29H,1,5,16-18,21H2,2-3H3,(H,31,33)/t28-,29+/m0/s1. The largest absolute Gasteiger partial charge is 0.481 e. The zero-order valence-electron chi connectivity index (χ0n) is 20.2. The second-order valence-corrected chi connectivity index (χ2v) is 8.93. The lowest BCUT2D eigenvalue weighted by Crippen LogP contribution is -2.38. The van der Waals surface area contributed by atoms with Gasteiger partial charge >= 0.3 is 0 Å². The van der Waals surface area contributed by atoms with Crippen molar-refractivity contribution in [2.45, 2.75) is 45.4 Å². The molecule has 2 atom stereocenters. The average molecular weight is 455 g/mol. The van der Waals surface area contributed by atoms with Crippen LogP contribution in [0, 0.1) is 6.92 Å². The van der Waals surface area contributed by atoms with Gasteiger partial charge in [0.1, 0.15) is 5.75 Å². The summed E-state index contributed by atoms with van der Waals surface area (Å²) in [5.74, 6) is 0.624. The van der Waals surface area contributed by atoms with E-state index in [-0.39, 0.29) is 11.9 Å². The molecule has 0 fully saturated rings. The molecule has 34 heavy (non-hydrogen) atoms. The van der Waals surface area contributed by atoms with Gasteiger partial charge in [0.25, 0.3) is 5.91 Å². The van der Waals surface area contributed by atoms with Crippen molar-refractivity contribution in [1.82, 2.24) is 10.2 Å². The Labute approximate surface area is 203 Å². The number of nitrogens with one attached hydrogen (secondary N) is 1. The third-order valence-corrected chi connectivity index (χ3v) is 6.39. The molecule has 0 bridgehead atoms. The molecule has 0 spiro atoms. The second kappa shape index (κ2) is 11.2. The molecule has 0 saturated carbocycles. The highest BCUT2D eigenvalue weighted by atomic mass is 16.5. The van der Waals surface area contributed by atoms with Gasteiger partial charge in [-0.15, -0.1) is 6.58 Å². The van der Waals surface area contributed by atoms with Crippen molar-refractivity contribution in [2.75, 3.05) is 13.1 Å².